The van der Waals surface area contributed by atoms with E-state index in [1.54, 1.807) is 6.92 Å². The van der Waals surface area contributed by atoms with Crippen molar-refractivity contribution in [2.45, 2.75) is 25.6 Å². The van der Waals surface area contributed by atoms with Gasteiger partial charge in [-0.2, -0.15) is 0 Å². The highest BCUT2D eigenvalue weighted by atomic mass is 35.5. The van der Waals surface area contributed by atoms with Crippen LogP contribution in [0, 0.1) is 0 Å². The van der Waals surface area contributed by atoms with E-state index in [1.165, 1.54) is 12.1 Å². The highest BCUT2D eigenvalue weighted by Crippen LogP contribution is 2.36. The Kier molecular flexibility index (Phi) is 5.89. The van der Waals surface area contributed by atoms with Gasteiger partial charge in [-0.25, -0.2) is 9.18 Å². The third kappa shape index (κ3) is 4.16. The molecule has 0 unspecified atom stereocenters. The third-order valence-electron chi connectivity index (χ3n) is 3.12. The SMILES string of the molecule is CCOC(=O)C(C=N[C@@H]1C[C@@H]1F)=C(O)c1ccc(Cl)c(Cl)c1Cl. The molecule has 2 atom stereocenters. The fourth-order valence-electron chi connectivity index (χ4n) is 1.75. The number of hydrogen-bond donors (Lipinski definition) is 1. The monoisotopic (exact) mass is 379 g/mol. The van der Waals surface area contributed by atoms with E-state index in [4.69, 9.17) is 39.5 Å². The van der Waals surface area contributed by atoms with Gasteiger partial charge in [-0.3, -0.25) is 4.99 Å². The van der Waals surface area contributed by atoms with Gasteiger partial charge in [-0.1, -0.05) is 34.8 Å². The molecule has 0 heterocycles. The number of ether oxygens (including phenoxy) is 1. The van der Waals surface area contributed by atoms with Gasteiger partial charge in [0.05, 0.1) is 27.7 Å². The van der Waals surface area contributed by atoms with Crippen LogP contribution in [0.25, 0.3) is 5.76 Å². The lowest BCUT2D eigenvalue weighted by molar-refractivity contribution is -0.137. The Morgan fingerprint density at radius 2 is 2.09 bits per heavy atom. The van der Waals surface area contributed by atoms with Crippen LogP contribution in [0.5, 0.6) is 0 Å². The predicted molar refractivity (Wildman–Crippen MR) is 89.4 cm³/mol. The van der Waals surface area contributed by atoms with Gasteiger partial charge in [0.15, 0.2) is 0 Å². The van der Waals surface area contributed by atoms with Gasteiger partial charge in [0, 0.05) is 18.2 Å². The Balaban J connectivity index is 2.46. The molecule has 0 saturated heterocycles. The standard InChI is InChI=1S/C15H13Cl3FNO3/c1-2-23-15(22)8(6-20-11-5-10(11)19)14(21)7-3-4-9(16)13(18)12(7)17/h3-4,6,10-11,21H,2,5H2,1H3/t10-,11+/m0/s1. The summed E-state index contributed by atoms with van der Waals surface area (Å²) in [5.74, 6) is -1.27. The lowest BCUT2D eigenvalue weighted by Gasteiger charge is -2.10. The van der Waals surface area contributed by atoms with Crippen molar-refractivity contribution in [3.63, 3.8) is 0 Å². The van der Waals surface area contributed by atoms with Crippen LogP contribution < -0.4 is 0 Å². The van der Waals surface area contributed by atoms with E-state index >= 15 is 0 Å². The molecule has 2 rings (SSSR count). The molecular formula is C15H13Cl3FNO3. The second kappa shape index (κ2) is 7.51. The molecule has 1 N–H and O–H groups in total. The Morgan fingerprint density at radius 3 is 2.65 bits per heavy atom. The van der Waals surface area contributed by atoms with Crippen LogP contribution in [0.2, 0.25) is 15.1 Å². The highest BCUT2D eigenvalue weighted by Gasteiger charge is 2.37. The average Bonchev–Trinajstić information content (AvgIpc) is 3.21. The number of aliphatic hydroxyl groups excluding tert-OH is 1. The minimum absolute atomic E-state index is 0.0124. The van der Waals surface area contributed by atoms with Crippen molar-refractivity contribution < 1.29 is 19.0 Å². The van der Waals surface area contributed by atoms with Crippen molar-refractivity contribution in [2.75, 3.05) is 6.61 Å². The van der Waals surface area contributed by atoms with Crippen LogP contribution in [-0.2, 0) is 9.53 Å². The average molecular weight is 381 g/mol. The molecule has 0 aliphatic heterocycles. The topological polar surface area (TPSA) is 58.9 Å². The molecule has 4 nitrogen and oxygen atoms in total. The second-order valence-corrected chi connectivity index (χ2v) is 5.97. The largest absolute Gasteiger partial charge is 0.506 e. The molecule has 1 saturated carbocycles. The summed E-state index contributed by atoms with van der Waals surface area (Å²) in [7, 11) is 0. The molecule has 0 spiro atoms. The van der Waals surface area contributed by atoms with E-state index in [0.717, 1.165) is 6.21 Å². The summed E-state index contributed by atoms with van der Waals surface area (Å²) in [5, 5.41) is 10.6. The number of carbonyl (C=O) groups is 1. The van der Waals surface area contributed by atoms with Crippen LogP contribution in [0.3, 0.4) is 0 Å². The summed E-state index contributed by atoms with van der Waals surface area (Å²) in [4.78, 5) is 15.9. The first kappa shape index (κ1) is 18.0. The quantitative estimate of drug-likeness (QED) is 0.266. The molecule has 1 aromatic rings. The number of esters is 1. The molecule has 8 heteroatoms. The van der Waals surface area contributed by atoms with E-state index in [1.807, 2.05) is 0 Å². The molecule has 0 radical (unpaired) electrons. The number of hydrogen-bond acceptors (Lipinski definition) is 4. The van der Waals surface area contributed by atoms with Crippen LogP contribution in [0.4, 0.5) is 4.39 Å². The highest BCUT2D eigenvalue weighted by molar-refractivity contribution is 6.48. The minimum atomic E-state index is -1.02. The maximum absolute atomic E-state index is 12.9. The minimum Gasteiger partial charge on any atom is -0.506 e. The zero-order valence-electron chi connectivity index (χ0n) is 12.0. The van der Waals surface area contributed by atoms with Crippen LogP contribution >= 0.6 is 34.8 Å². The number of nitrogens with zero attached hydrogens (tertiary/aromatic N) is 1. The summed E-state index contributed by atoms with van der Waals surface area (Å²) in [6.45, 7) is 1.72. The summed E-state index contributed by atoms with van der Waals surface area (Å²) in [6.07, 6.45) is 0.363. The zero-order valence-corrected chi connectivity index (χ0v) is 14.3. The fraction of sp³-hybridized carbons (Fsp3) is 0.333. The Morgan fingerprint density at radius 1 is 1.43 bits per heavy atom. The number of benzene rings is 1. The lowest BCUT2D eigenvalue weighted by Crippen LogP contribution is -2.12. The van der Waals surface area contributed by atoms with Crippen molar-refractivity contribution in [3.8, 4) is 0 Å². The number of rotatable bonds is 5. The Labute approximate surface area is 147 Å². The number of alkyl halides is 1. The molecule has 1 aliphatic rings. The van der Waals surface area contributed by atoms with Crippen molar-refractivity contribution in [3.05, 3.63) is 38.3 Å². The van der Waals surface area contributed by atoms with Crippen LogP contribution in [0.1, 0.15) is 18.9 Å². The molecule has 0 amide bonds. The maximum Gasteiger partial charge on any atom is 0.343 e. The maximum atomic E-state index is 12.9. The first-order valence-electron chi connectivity index (χ1n) is 6.78. The van der Waals surface area contributed by atoms with Crippen molar-refractivity contribution in [1.82, 2.24) is 0 Å². The Bertz CT molecular complexity index is 691. The van der Waals surface area contributed by atoms with E-state index in [0.29, 0.717) is 6.42 Å². The van der Waals surface area contributed by atoms with E-state index in [9.17, 15) is 14.3 Å². The molecule has 23 heavy (non-hydrogen) atoms. The lowest BCUT2D eigenvalue weighted by atomic mass is 10.1. The summed E-state index contributed by atoms with van der Waals surface area (Å²) in [6, 6.07) is 2.34. The smallest absolute Gasteiger partial charge is 0.343 e. The number of aliphatic hydroxyl groups is 1. The van der Waals surface area contributed by atoms with Gasteiger partial charge in [0.25, 0.3) is 0 Å². The Hall–Kier alpha value is -1.30. The molecule has 1 aromatic carbocycles. The van der Waals surface area contributed by atoms with Gasteiger partial charge in [0.2, 0.25) is 0 Å². The molecule has 1 fully saturated rings. The van der Waals surface area contributed by atoms with E-state index in [2.05, 4.69) is 4.99 Å². The van der Waals surface area contributed by atoms with Gasteiger partial charge < -0.3 is 9.84 Å². The van der Waals surface area contributed by atoms with Gasteiger partial charge >= 0.3 is 5.97 Å². The molecule has 0 bridgehead atoms. The summed E-state index contributed by atoms with van der Waals surface area (Å²) >= 11 is 17.8. The molecular weight excluding hydrogens is 368 g/mol. The molecule has 1 aliphatic carbocycles. The van der Waals surface area contributed by atoms with Crippen molar-refractivity contribution in [1.29, 1.82) is 0 Å². The molecule has 0 aromatic heterocycles. The van der Waals surface area contributed by atoms with E-state index in [-0.39, 0.29) is 32.8 Å². The zero-order chi connectivity index (χ0) is 17.1. The molecule has 124 valence electrons. The number of aliphatic imine (C=N–C) groups is 1. The van der Waals surface area contributed by atoms with Crippen molar-refractivity contribution >= 4 is 52.7 Å². The van der Waals surface area contributed by atoms with Crippen LogP contribution in [0.15, 0.2) is 22.7 Å². The fourth-order valence-corrected chi connectivity index (χ4v) is 2.37. The normalized spacial score (nSPS) is 21.3. The van der Waals surface area contributed by atoms with Gasteiger partial charge in [0.1, 0.15) is 17.5 Å². The summed E-state index contributed by atoms with van der Waals surface area (Å²) in [5.41, 5.74) is -0.130. The van der Waals surface area contributed by atoms with Gasteiger partial charge in [-0.15, -0.1) is 0 Å². The van der Waals surface area contributed by atoms with Crippen LogP contribution in [-0.4, -0.2) is 36.1 Å². The number of carbonyl (C=O) groups excluding carboxylic acids is 1. The second-order valence-electron chi connectivity index (χ2n) is 4.80. The van der Waals surface area contributed by atoms with Gasteiger partial charge in [-0.05, 0) is 19.1 Å². The summed E-state index contributed by atoms with van der Waals surface area (Å²) < 4.78 is 17.8. The van der Waals surface area contributed by atoms with Crippen molar-refractivity contribution in [2.24, 2.45) is 4.99 Å². The number of halogens is 4. The third-order valence-corrected chi connectivity index (χ3v) is 4.41. The first-order chi connectivity index (χ1) is 10.9. The first-order valence-corrected chi connectivity index (χ1v) is 7.91. The predicted octanol–water partition coefficient (Wildman–Crippen LogP) is 4.66. The van der Waals surface area contributed by atoms with E-state index < -0.39 is 23.9 Å².